The second-order valence-electron chi connectivity index (χ2n) is 8.61. The van der Waals surface area contributed by atoms with Crippen molar-refractivity contribution in [3.63, 3.8) is 0 Å². The predicted octanol–water partition coefficient (Wildman–Crippen LogP) is 9.61. The van der Waals surface area contributed by atoms with Crippen molar-refractivity contribution in [3.05, 3.63) is 119 Å². The van der Waals surface area contributed by atoms with Crippen molar-refractivity contribution in [3.8, 4) is 33.4 Å². The van der Waals surface area contributed by atoms with E-state index in [-0.39, 0.29) is 0 Å². The van der Waals surface area contributed by atoms with Crippen molar-refractivity contribution in [2.75, 3.05) is 0 Å². The fourth-order valence-electron chi connectivity index (χ4n) is 5.34. The van der Waals surface area contributed by atoms with Crippen LogP contribution in [0.4, 0.5) is 0 Å². The Bertz CT molecular complexity index is 1710. The lowest BCUT2D eigenvalue weighted by Crippen LogP contribution is -1.90. The maximum Gasteiger partial charge on any atom is 0.0484 e. The van der Waals surface area contributed by atoms with E-state index in [2.05, 4.69) is 91.0 Å². The predicted molar refractivity (Wildman–Crippen MR) is 143 cm³/mol. The van der Waals surface area contributed by atoms with Gasteiger partial charge in [0.15, 0.2) is 0 Å². The molecule has 0 bridgehead atoms. The van der Waals surface area contributed by atoms with Crippen LogP contribution in [0.15, 0.2) is 103 Å². The Kier molecular flexibility index (Phi) is 4.24. The van der Waals surface area contributed by atoms with E-state index in [1.165, 1.54) is 59.1 Å². The molecule has 1 aliphatic carbocycles. The molecule has 5 aromatic carbocycles. The minimum absolute atomic E-state index is 0.780. The molecular weight excluding hydrogens is 440 g/mol. The minimum atomic E-state index is 0.780. The Labute approximate surface area is 201 Å². The van der Waals surface area contributed by atoms with Gasteiger partial charge in [0.25, 0.3) is 0 Å². The molecule has 0 N–H and O–H groups in total. The molecule has 0 saturated heterocycles. The molecule has 1 aromatic heterocycles. The summed E-state index contributed by atoms with van der Waals surface area (Å²) in [6.07, 6.45) is 1.00. The van der Waals surface area contributed by atoms with Crippen LogP contribution in [-0.2, 0) is 6.42 Å². The largest absolute Gasteiger partial charge is 0.135 e. The van der Waals surface area contributed by atoms with E-state index >= 15 is 0 Å². The maximum atomic E-state index is 6.67. The van der Waals surface area contributed by atoms with Gasteiger partial charge >= 0.3 is 0 Å². The van der Waals surface area contributed by atoms with Gasteiger partial charge in [0.2, 0.25) is 0 Å². The van der Waals surface area contributed by atoms with E-state index in [4.69, 9.17) is 11.6 Å². The zero-order valence-electron chi connectivity index (χ0n) is 17.8. The van der Waals surface area contributed by atoms with Crippen molar-refractivity contribution >= 4 is 43.1 Å². The highest BCUT2D eigenvalue weighted by molar-refractivity contribution is 7.26. The first-order chi connectivity index (χ1) is 16.3. The topological polar surface area (TPSA) is 0 Å². The van der Waals surface area contributed by atoms with Gasteiger partial charge in [-0.3, -0.25) is 0 Å². The van der Waals surface area contributed by atoms with E-state index in [1.54, 1.807) is 0 Å². The average molecular weight is 459 g/mol. The van der Waals surface area contributed by atoms with Crippen LogP contribution in [0, 0.1) is 0 Å². The van der Waals surface area contributed by atoms with Crippen molar-refractivity contribution < 1.29 is 0 Å². The van der Waals surface area contributed by atoms with Crippen LogP contribution in [0.2, 0.25) is 5.02 Å². The quantitative estimate of drug-likeness (QED) is 0.242. The molecular formula is C31H19ClS. The van der Waals surface area contributed by atoms with E-state index < -0.39 is 0 Å². The van der Waals surface area contributed by atoms with Gasteiger partial charge in [0.05, 0.1) is 0 Å². The molecule has 0 spiro atoms. The molecule has 6 aromatic rings. The number of fused-ring (bicyclic) bond motifs is 7. The summed E-state index contributed by atoms with van der Waals surface area (Å²) in [6.45, 7) is 0. The lowest BCUT2D eigenvalue weighted by molar-refractivity contribution is 1.29. The van der Waals surface area contributed by atoms with Crippen LogP contribution in [-0.4, -0.2) is 0 Å². The van der Waals surface area contributed by atoms with Gasteiger partial charge in [-0.05, 0) is 57.1 Å². The second-order valence-corrected chi connectivity index (χ2v) is 10.1. The zero-order valence-corrected chi connectivity index (χ0v) is 19.4. The third kappa shape index (κ3) is 2.83. The van der Waals surface area contributed by atoms with Crippen molar-refractivity contribution in [1.82, 2.24) is 0 Å². The van der Waals surface area contributed by atoms with Crippen molar-refractivity contribution in [1.29, 1.82) is 0 Å². The Morgan fingerprint density at radius 2 is 1.21 bits per heavy atom. The van der Waals surface area contributed by atoms with Crippen LogP contribution < -0.4 is 0 Å². The summed E-state index contributed by atoms with van der Waals surface area (Å²) in [4.78, 5) is 0. The van der Waals surface area contributed by atoms with E-state index in [1.807, 2.05) is 23.5 Å². The molecule has 33 heavy (non-hydrogen) atoms. The van der Waals surface area contributed by atoms with Gasteiger partial charge in [0, 0.05) is 37.2 Å². The Morgan fingerprint density at radius 3 is 2.03 bits per heavy atom. The summed E-state index contributed by atoms with van der Waals surface area (Å²) in [5.41, 5.74) is 10.4. The summed E-state index contributed by atoms with van der Waals surface area (Å²) in [6, 6.07) is 36.9. The third-order valence-electron chi connectivity index (χ3n) is 6.81. The van der Waals surface area contributed by atoms with E-state index in [9.17, 15) is 0 Å². The first-order valence-electron chi connectivity index (χ1n) is 11.2. The summed E-state index contributed by atoms with van der Waals surface area (Å²) in [5.74, 6) is 0. The SMILES string of the molecule is Clc1ccccc1-c1ccccc1-c1cc2c(c3sc4ccccc4c13)Cc1ccccc1-2. The molecule has 1 aliphatic rings. The lowest BCUT2D eigenvalue weighted by Gasteiger charge is -2.15. The standard InChI is InChI=1S/C31H19ClS/c32-28-15-7-5-13-23(28)21-11-3-4-12-22(21)26-18-25-20-10-2-1-9-19(20)17-27(25)31-30(26)24-14-6-8-16-29(24)33-31/h1-16,18H,17H2. The van der Waals surface area contributed by atoms with Crippen molar-refractivity contribution in [2.24, 2.45) is 0 Å². The van der Waals surface area contributed by atoms with Crippen LogP contribution >= 0.6 is 22.9 Å². The molecule has 156 valence electrons. The number of halogens is 1. The molecule has 0 amide bonds. The summed E-state index contributed by atoms with van der Waals surface area (Å²) >= 11 is 8.60. The monoisotopic (exact) mass is 458 g/mol. The smallest absolute Gasteiger partial charge is 0.0484 e. The Balaban J connectivity index is 1.63. The third-order valence-corrected chi connectivity index (χ3v) is 8.37. The summed E-state index contributed by atoms with van der Waals surface area (Å²) in [5, 5.41) is 3.48. The maximum absolute atomic E-state index is 6.67. The lowest BCUT2D eigenvalue weighted by atomic mass is 9.89. The average Bonchev–Trinajstić information content (AvgIpc) is 3.43. The molecule has 0 unspecified atom stereocenters. The normalized spacial score (nSPS) is 12.3. The highest BCUT2D eigenvalue weighted by Gasteiger charge is 2.25. The summed E-state index contributed by atoms with van der Waals surface area (Å²) in [7, 11) is 0. The van der Waals surface area contributed by atoms with Gasteiger partial charge in [-0.1, -0.05) is 96.5 Å². The Hall–Kier alpha value is -3.39. The highest BCUT2D eigenvalue weighted by Crippen LogP contribution is 2.50. The van der Waals surface area contributed by atoms with Gasteiger partial charge in [-0.25, -0.2) is 0 Å². The molecule has 0 aliphatic heterocycles. The number of benzene rings is 5. The molecule has 0 atom stereocenters. The van der Waals surface area contributed by atoms with Crippen LogP contribution in [0.25, 0.3) is 53.6 Å². The first-order valence-corrected chi connectivity index (χ1v) is 12.4. The van der Waals surface area contributed by atoms with Crippen LogP contribution in [0.1, 0.15) is 11.1 Å². The number of rotatable bonds is 2. The molecule has 0 saturated carbocycles. The van der Waals surface area contributed by atoms with Gasteiger partial charge in [-0.15, -0.1) is 11.3 Å². The first kappa shape index (κ1) is 19.1. The number of thiophene rings is 1. The van der Waals surface area contributed by atoms with E-state index in [0.717, 1.165) is 17.0 Å². The number of hydrogen-bond acceptors (Lipinski definition) is 1. The van der Waals surface area contributed by atoms with Crippen LogP contribution in [0.5, 0.6) is 0 Å². The molecule has 0 fully saturated rings. The van der Waals surface area contributed by atoms with E-state index in [0.29, 0.717) is 0 Å². The molecule has 2 heteroatoms. The van der Waals surface area contributed by atoms with Crippen LogP contribution in [0.3, 0.4) is 0 Å². The molecule has 1 heterocycles. The van der Waals surface area contributed by atoms with Gasteiger partial charge in [-0.2, -0.15) is 0 Å². The molecule has 0 nitrogen and oxygen atoms in total. The van der Waals surface area contributed by atoms with Gasteiger partial charge < -0.3 is 0 Å². The zero-order chi connectivity index (χ0) is 21.9. The molecule has 0 radical (unpaired) electrons. The van der Waals surface area contributed by atoms with Crippen molar-refractivity contribution in [2.45, 2.75) is 6.42 Å². The molecule has 7 rings (SSSR count). The summed E-state index contributed by atoms with van der Waals surface area (Å²) < 4.78 is 2.75. The fraction of sp³-hybridized carbons (Fsp3) is 0.0323. The second kappa shape index (κ2) is 7.31. The number of hydrogen-bond donors (Lipinski definition) is 0. The Morgan fingerprint density at radius 1 is 0.576 bits per heavy atom. The fourth-order valence-corrected chi connectivity index (χ4v) is 6.85. The highest BCUT2D eigenvalue weighted by atomic mass is 35.5. The minimum Gasteiger partial charge on any atom is -0.135 e. The van der Waals surface area contributed by atoms with Gasteiger partial charge in [0.1, 0.15) is 0 Å².